The first kappa shape index (κ1) is 20.3. The molecule has 0 bridgehead atoms. The van der Waals surface area contributed by atoms with Gasteiger partial charge in [0.2, 0.25) is 5.88 Å². The van der Waals surface area contributed by atoms with Crippen LogP contribution in [0, 0.1) is 17.6 Å². The molecule has 0 aliphatic carbocycles. The van der Waals surface area contributed by atoms with Crippen LogP contribution in [0.2, 0.25) is 4.34 Å². The fourth-order valence-corrected chi connectivity index (χ4v) is 3.49. The van der Waals surface area contributed by atoms with E-state index in [2.05, 4.69) is 24.1 Å². The van der Waals surface area contributed by atoms with E-state index in [4.69, 9.17) is 16.3 Å². The number of carbonyl (C=O) groups excluding carboxylic acids is 1. The Morgan fingerprint density at radius 3 is 2.71 bits per heavy atom. The molecule has 0 aliphatic heterocycles. The summed E-state index contributed by atoms with van der Waals surface area (Å²) in [6.07, 6.45) is 3.33. The number of nitrogens with zero attached hydrogens (tertiary/aromatic N) is 2. The first-order valence-corrected chi connectivity index (χ1v) is 9.72. The summed E-state index contributed by atoms with van der Waals surface area (Å²) >= 11 is 6.91. The van der Waals surface area contributed by atoms with Crippen LogP contribution in [0.5, 0.6) is 5.88 Å². The van der Waals surface area contributed by atoms with Crippen molar-refractivity contribution < 1.29 is 18.3 Å². The molecule has 3 rings (SSSR count). The molecule has 0 spiro atoms. The van der Waals surface area contributed by atoms with Gasteiger partial charge in [0.1, 0.15) is 4.34 Å². The molecule has 3 aromatic rings. The quantitative estimate of drug-likeness (QED) is 0.548. The molecule has 0 fully saturated rings. The summed E-state index contributed by atoms with van der Waals surface area (Å²) in [4.78, 5) is 16.1. The van der Waals surface area contributed by atoms with Crippen LogP contribution in [-0.4, -0.2) is 15.6 Å². The number of rotatable bonds is 6. The maximum absolute atomic E-state index is 13.5. The molecule has 2 heterocycles. The fraction of sp³-hybridized carbons (Fsp3) is 0.263. The maximum Gasteiger partial charge on any atom is 0.420 e. The Labute approximate surface area is 169 Å². The number of carbonyl (C=O) groups is 1. The summed E-state index contributed by atoms with van der Waals surface area (Å²) in [5.74, 6) is -1.14. The van der Waals surface area contributed by atoms with Gasteiger partial charge in [-0.05, 0) is 35.6 Å². The van der Waals surface area contributed by atoms with Crippen LogP contribution >= 0.6 is 22.9 Å². The van der Waals surface area contributed by atoms with Crippen molar-refractivity contribution in [2.45, 2.75) is 26.8 Å². The highest BCUT2D eigenvalue weighted by Gasteiger charge is 2.15. The molecule has 28 heavy (non-hydrogen) atoms. The lowest BCUT2D eigenvalue weighted by Gasteiger charge is -2.10. The van der Waals surface area contributed by atoms with E-state index in [9.17, 15) is 13.6 Å². The molecule has 1 aromatic carbocycles. The molecular formula is C19H18ClF2N3O2S. The van der Waals surface area contributed by atoms with Crippen LogP contribution in [0.3, 0.4) is 0 Å². The first-order chi connectivity index (χ1) is 13.3. The van der Waals surface area contributed by atoms with Crippen molar-refractivity contribution in [3.8, 4) is 5.88 Å². The number of ether oxygens (including phenoxy) is 1. The molecule has 2 aromatic heterocycles. The summed E-state index contributed by atoms with van der Waals surface area (Å²) in [5.41, 5.74) is 1.51. The summed E-state index contributed by atoms with van der Waals surface area (Å²) < 4.78 is 34.2. The molecule has 9 heteroatoms. The number of nitrogens with one attached hydrogen (secondary N) is 1. The lowest BCUT2D eigenvalue weighted by atomic mass is 10.1. The van der Waals surface area contributed by atoms with Gasteiger partial charge in [0.05, 0.1) is 12.7 Å². The predicted molar refractivity (Wildman–Crippen MR) is 105 cm³/mol. The van der Waals surface area contributed by atoms with Crippen molar-refractivity contribution in [3.63, 3.8) is 0 Å². The summed E-state index contributed by atoms with van der Waals surface area (Å²) in [6.45, 7) is 4.37. The third kappa shape index (κ3) is 5.30. The largest absolute Gasteiger partial charge is 0.420 e. The summed E-state index contributed by atoms with van der Waals surface area (Å²) in [6, 6.07) is 5.44. The van der Waals surface area contributed by atoms with Crippen molar-refractivity contribution in [2.75, 3.05) is 5.32 Å². The molecule has 1 amide bonds. The number of thiazole rings is 1. The van der Waals surface area contributed by atoms with E-state index in [-0.39, 0.29) is 6.54 Å². The Bertz CT molecular complexity index is 987. The number of benzene rings is 1. The highest BCUT2D eigenvalue weighted by atomic mass is 35.5. The highest BCUT2D eigenvalue weighted by molar-refractivity contribution is 7.19. The normalized spacial score (nSPS) is 11.1. The van der Waals surface area contributed by atoms with Crippen LogP contribution in [0.15, 0.2) is 36.7 Å². The second-order valence-electron chi connectivity index (χ2n) is 6.64. The summed E-state index contributed by atoms with van der Waals surface area (Å²) in [7, 11) is 0. The SMILES string of the molecule is CC(C)Cc1cc(OC(=O)Nc2ncc(Cl)s2)n(Cc2ccc(F)c(F)c2)c1. The number of hydrogen-bond donors (Lipinski definition) is 1. The van der Waals surface area contributed by atoms with Gasteiger partial charge in [-0.2, -0.15) is 0 Å². The van der Waals surface area contributed by atoms with E-state index < -0.39 is 17.7 Å². The van der Waals surface area contributed by atoms with Crippen LogP contribution in [-0.2, 0) is 13.0 Å². The minimum atomic E-state index is -0.923. The minimum Gasteiger partial charge on any atom is -0.393 e. The number of amides is 1. The number of hydrogen-bond acceptors (Lipinski definition) is 4. The molecule has 0 saturated heterocycles. The van der Waals surface area contributed by atoms with Crippen LogP contribution in [0.4, 0.5) is 18.7 Å². The van der Waals surface area contributed by atoms with Crippen molar-refractivity contribution >= 4 is 34.2 Å². The van der Waals surface area contributed by atoms with Gasteiger partial charge in [-0.3, -0.25) is 5.32 Å². The Hall–Kier alpha value is -2.45. The van der Waals surface area contributed by atoms with Crippen molar-refractivity contribution in [2.24, 2.45) is 5.92 Å². The third-order valence-corrected chi connectivity index (χ3v) is 4.81. The topological polar surface area (TPSA) is 56.1 Å². The Kier molecular flexibility index (Phi) is 6.31. The van der Waals surface area contributed by atoms with E-state index in [0.29, 0.717) is 26.8 Å². The minimum absolute atomic E-state index is 0.223. The van der Waals surface area contributed by atoms with Gasteiger partial charge in [0.15, 0.2) is 16.8 Å². The first-order valence-electron chi connectivity index (χ1n) is 8.53. The Balaban J connectivity index is 1.80. The Morgan fingerprint density at radius 2 is 2.07 bits per heavy atom. The van der Waals surface area contributed by atoms with Crippen molar-refractivity contribution in [1.29, 1.82) is 0 Å². The number of anilines is 1. The average Bonchev–Trinajstić information content (AvgIpc) is 3.16. The zero-order valence-corrected chi connectivity index (χ0v) is 16.8. The fourth-order valence-electron chi connectivity index (χ4n) is 2.69. The van der Waals surface area contributed by atoms with Gasteiger partial charge in [0, 0.05) is 12.3 Å². The molecule has 0 unspecified atom stereocenters. The molecule has 0 aliphatic rings. The maximum atomic E-state index is 13.5. The van der Waals surface area contributed by atoms with Crippen LogP contribution < -0.4 is 10.1 Å². The smallest absolute Gasteiger partial charge is 0.393 e. The highest BCUT2D eigenvalue weighted by Crippen LogP contribution is 2.25. The van der Waals surface area contributed by atoms with E-state index in [1.807, 2.05) is 6.20 Å². The molecule has 0 saturated carbocycles. The third-order valence-electron chi connectivity index (χ3n) is 3.78. The second-order valence-corrected chi connectivity index (χ2v) is 8.31. The predicted octanol–water partition coefficient (Wildman–Crippen LogP) is 5.73. The van der Waals surface area contributed by atoms with Gasteiger partial charge >= 0.3 is 6.09 Å². The van der Waals surface area contributed by atoms with E-state index >= 15 is 0 Å². The zero-order chi connectivity index (χ0) is 20.3. The van der Waals surface area contributed by atoms with Gasteiger partial charge in [-0.25, -0.2) is 18.6 Å². The van der Waals surface area contributed by atoms with E-state index in [1.165, 1.54) is 12.3 Å². The molecule has 1 N–H and O–H groups in total. The van der Waals surface area contributed by atoms with Crippen LogP contribution in [0.25, 0.3) is 0 Å². The molecule has 0 atom stereocenters. The lowest BCUT2D eigenvalue weighted by Crippen LogP contribution is -2.18. The standard InChI is InChI=1S/C19H18ClF2N3O2S/c1-11(2)5-13-7-17(27-19(26)24-18-23-8-16(20)28-18)25(10-13)9-12-3-4-14(21)15(22)6-12/h3-4,6-8,10-11H,5,9H2,1-2H3,(H,23,24,26). The molecule has 0 radical (unpaired) electrons. The molecular weight excluding hydrogens is 408 g/mol. The second kappa shape index (κ2) is 8.70. The average molecular weight is 426 g/mol. The molecule has 148 valence electrons. The van der Waals surface area contributed by atoms with Gasteiger partial charge in [-0.15, -0.1) is 0 Å². The van der Waals surface area contributed by atoms with Crippen molar-refractivity contribution in [3.05, 3.63) is 63.8 Å². The monoisotopic (exact) mass is 425 g/mol. The number of aromatic nitrogens is 2. The van der Waals surface area contributed by atoms with Crippen LogP contribution in [0.1, 0.15) is 25.0 Å². The Morgan fingerprint density at radius 1 is 1.29 bits per heavy atom. The van der Waals surface area contributed by atoms with Gasteiger partial charge < -0.3 is 9.30 Å². The number of halogens is 3. The van der Waals surface area contributed by atoms with Gasteiger partial charge in [-0.1, -0.05) is 42.9 Å². The lowest BCUT2D eigenvalue weighted by molar-refractivity contribution is 0.211. The van der Waals surface area contributed by atoms with E-state index in [1.54, 1.807) is 10.6 Å². The molecule has 5 nitrogen and oxygen atoms in total. The van der Waals surface area contributed by atoms with Crippen molar-refractivity contribution in [1.82, 2.24) is 9.55 Å². The zero-order valence-electron chi connectivity index (χ0n) is 15.2. The van der Waals surface area contributed by atoms with Gasteiger partial charge in [0.25, 0.3) is 0 Å². The summed E-state index contributed by atoms with van der Waals surface area (Å²) in [5, 5.41) is 2.82. The van der Waals surface area contributed by atoms with E-state index in [0.717, 1.165) is 35.5 Å².